The third-order valence-corrected chi connectivity index (χ3v) is 5.88. The zero-order valence-electron chi connectivity index (χ0n) is 15.1. The molecule has 0 aliphatic carbocycles. The Labute approximate surface area is 156 Å². The van der Waals surface area contributed by atoms with Gasteiger partial charge in [0.25, 0.3) is 5.88 Å². The van der Waals surface area contributed by atoms with E-state index >= 15 is 0 Å². The van der Waals surface area contributed by atoms with E-state index < -0.39 is 21.7 Å². The van der Waals surface area contributed by atoms with Crippen molar-refractivity contribution in [2.24, 2.45) is 0 Å². The third kappa shape index (κ3) is 3.48. The number of furan rings is 1. The van der Waals surface area contributed by atoms with Crippen LogP contribution in [-0.2, 0) is 14.8 Å². The molecule has 3 aromatic rings. The molecule has 0 saturated heterocycles. The highest BCUT2D eigenvalue weighted by Gasteiger charge is 2.31. The number of hydrogen-bond acceptors (Lipinski definition) is 6. The Bertz CT molecular complexity index is 1120. The highest BCUT2D eigenvalue weighted by atomic mass is 32.2. The van der Waals surface area contributed by atoms with E-state index in [9.17, 15) is 18.3 Å². The van der Waals surface area contributed by atoms with Crippen LogP contribution in [0.15, 0.2) is 46.9 Å². The molecular formula is C19H19NO6S. The molecule has 27 heavy (non-hydrogen) atoms. The Hall–Kier alpha value is -3.00. The lowest BCUT2D eigenvalue weighted by Crippen LogP contribution is -2.28. The molecule has 0 saturated carbocycles. The van der Waals surface area contributed by atoms with E-state index in [0.717, 1.165) is 22.0 Å². The molecule has 1 aromatic heterocycles. The Morgan fingerprint density at radius 2 is 1.85 bits per heavy atom. The van der Waals surface area contributed by atoms with Gasteiger partial charge in [-0.2, -0.15) is 0 Å². The lowest BCUT2D eigenvalue weighted by Gasteiger charge is -2.16. The van der Waals surface area contributed by atoms with Gasteiger partial charge in [-0.05, 0) is 23.8 Å². The SMILES string of the molecule is CCS(=O)(=O)N(C)c1oc(-c2ccc3ccccc3c2)c(O)c1OC(C)=O. The van der Waals surface area contributed by atoms with E-state index in [1.54, 1.807) is 12.1 Å². The van der Waals surface area contributed by atoms with Crippen molar-refractivity contribution in [1.82, 2.24) is 0 Å². The van der Waals surface area contributed by atoms with Gasteiger partial charge in [-0.25, -0.2) is 12.7 Å². The largest absolute Gasteiger partial charge is 0.502 e. The number of esters is 1. The maximum atomic E-state index is 12.2. The van der Waals surface area contributed by atoms with Crippen molar-refractivity contribution in [3.63, 3.8) is 0 Å². The predicted molar refractivity (Wildman–Crippen MR) is 102 cm³/mol. The van der Waals surface area contributed by atoms with Crippen LogP contribution < -0.4 is 9.04 Å². The molecular weight excluding hydrogens is 370 g/mol. The van der Waals surface area contributed by atoms with E-state index in [0.29, 0.717) is 5.56 Å². The maximum Gasteiger partial charge on any atom is 0.308 e. The Kier molecular flexibility index (Phi) is 4.84. The van der Waals surface area contributed by atoms with Gasteiger partial charge >= 0.3 is 5.97 Å². The van der Waals surface area contributed by atoms with Crippen LogP contribution in [0, 0.1) is 0 Å². The van der Waals surface area contributed by atoms with Crippen LogP contribution in [-0.4, -0.2) is 32.3 Å². The van der Waals surface area contributed by atoms with Gasteiger partial charge in [0.2, 0.25) is 21.5 Å². The second-order valence-corrected chi connectivity index (χ2v) is 8.23. The molecule has 2 aromatic carbocycles. The quantitative estimate of drug-likeness (QED) is 0.671. The number of anilines is 1. The van der Waals surface area contributed by atoms with E-state index in [2.05, 4.69) is 0 Å². The standard InChI is InChI=1S/C19H19NO6S/c1-4-27(23,24)20(3)19-18(25-12(2)21)16(22)17(26-19)15-10-9-13-7-5-6-8-14(13)11-15/h5-11,22H,4H2,1-3H3. The summed E-state index contributed by atoms with van der Waals surface area (Å²) in [6, 6.07) is 13.0. The van der Waals surface area contributed by atoms with Crippen molar-refractivity contribution in [2.45, 2.75) is 13.8 Å². The number of rotatable bonds is 5. The summed E-state index contributed by atoms with van der Waals surface area (Å²) in [6.07, 6.45) is 0. The number of carbonyl (C=O) groups is 1. The molecule has 0 spiro atoms. The molecule has 0 bridgehead atoms. The van der Waals surface area contributed by atoms with Crippen LogP contribution in [0.25, 0.3) is 22.1 Å². The molecule has 0 fully saturated rings. The van der Waals surface area contributed by atoms with Gasteiger partial charge in [0.15, 0.2) is 5.76 Å². The summed E-state index contributed by atoms with van der Waals surface area (Å²) in [5.41, 5.74) is 0.521. The minimum absolute atomic E-state index is 0.0187. The molecule has 0 radical (unpaired) electrons. The highest BCUT2D eigenvalue weighted by Crippen LogP contribution is 2.48. The number of benzene rings is 2. The molecule has 0 atom stereocenters. The predicted octanol–water partition coefficient (Wildman–Crippen LogP) is 3.52. The van der Waals surface area contributed by atoms with Gasteiger partial charge in [0.05, 0.1) is 5.75 Å². The molecule has 3 rings (SSSR count). The topological polar surface area (TPSA) is 97.1 Å². The van der Waals surface area contributed by atoms with Crippen LogP contribution in [0.5, 0.6) is 11.5 Å². The second-order valence-electron chi connectivity index (χ2n) is 5.94. The summed E-state index contributed by atoms with van der Waals surface area (Å²) in [5.74, 6) is -1.90. The number of sulfonamides is 1. The van der Waals surface area contributed by atoms with Crippen molar-refractivity contribution in [2.75, 3.05) is 17.1 Å². The molecule has 8 heteroatoms. The number of aromatic hydroxyl groups is 1. The number of fused-ring (bicyclic) bond motifs is 1. The average Bonchev–Trinajstić information content (AvgIpc) is 2.96. The number of carbonyl (C=O) groups excluding carboxylic acids is 1. The normalized spacial score (nSPS) is 11.5. The summed E-state index contributed by atoms with van der Waals surface area (Å²) < 4.78 is 36.0. The van der Waals surface area contributed by atoms with Crippen LogP contribution in [0.4, 0.5) is 5.88 Å². The molecule has 1 heterocycles. The van der Waals surface area contributed by atoms with Crippen molar-refractivity contribution in [1.29, 1.82) is 0 Å². The first kappa shape index (κ1) is 18.8. The van der Waals surface area contributed by atoms with E-state index in [4.69, 9.17) is 9.15 Å². The van der Waals surface area contributed by atoms with Gasteiger partial charge in [-0.15, -0.1) is 0 Å². The lowest BCUT2D eigenvalue weighted by molar-refractivity contribution is -0.132. The first-order valence-electron chi connectivity index (χ1n) is 8.24. The Balaban J connectivity index is 2.19. The van der Waals surface area contributed by atoms with Crippen molar-refractivity contribution in [3.05, 3.63) is 42.5 Å². The zero-order valence-corrected chi connectivity index (χ0v) is 15.9. The molecule has 7 nitrogen and oxygen atoms in total. The fourth-order valence-corrected chi connectivity index (χ4v) is 3.45. The molecule has 0 aliphatic rings. The minimum atomic E-state index is -3.69. The molecule has 0 unspecified atom stereocenters. The average molecular weight is 389 g/mol. The summed E-state index contributed by atoms with van der Waals surface area (Å²) in [4.78, 5) is 11.4. The van der Waals surface area contributed by atoms with Crippen LogP contribution in [0.3, 0.4) is 0 Å². The van der Waals surface area contributed by atoms with Gasteiger partial charge in [0, 0.05) is 19.5 Å². The lowest BCUT2D eigenvalue weighted by atomic mass is 10.1. The minimum Gasteiger partial charge on any atom is -0.502 e. The molecule has 1 N–H and O–H groups in total. The van der Waals surface area contributed by atoms with E-state index in [-0.39, 0.29) is 23.1 Å². The molecule has 142 valence electrons. The number of nitrogens with zero attached hydrogens (tertiary/aromatic N) is 1. The Morgan fingerprint density at radius 1 is 1.19 bits per heavy atom. The first-order chi connectivity index (χ1) is 12.7. The van der Waals surface area contributed by atoms with E-state index in [1.807, 2.05) is 30.3 Å². The molecule has 0 aliphatic heterocycles. The number of ether oxygens (including phenoxy) is 1. The van der Waals surface area contributed by atoms with Crippen molar-refractivity contribution < 1.29 is 27.5 Å². The van der Waals surface area contributed by atoms with Crippen LogP contribution >= 0.6 is 0 Å². The zero-order chi connectivity index (χ0) is 19.8. The number of hydrogen-bond donors (Lipinski definition) is 1. The van der Waals surface area contributed by atoms with Gasteiger partial charge in [0.1, 0.15) is 0 Å². The van der Waals surface area contributed by atoms with Crippen LogP contribution in [0.2, 0.25) is 0 Å². The van der Waals surface area contributed by atoms with Gasteiger partial charge < -0.3 is 14.3 Å². The molecule has 0 amide bonds. The monoisotopic (exact) mass is 389 g/mol. The summed E-state index contributed by atoms with van der Waals surface area (Å²) in [6.45, 7) is 2.63. The van der Waals surface area contributed by atoms with Crippen molar-refractivity contribution in [3.8, 4) is 22.8 Å². The first-order valence-corrected chi connectivity index (χ1v) is 9.85. The maximum absolute atomic E-state index is 12.2. The fourth-order valence-electron chi connectivity index (χ4n) is 2.68. The summed E-state index contributed by atoms with van der Waals surface area (Å²) in [7, 11) is -2.42. The Morgan fingerprint density at radius 3 is 2.48 bits per heavy atom. The summed E-state index contributed by atoms with van der Waals surface area (Å²) >= 11 is 0. The van der Waals surface area contributed by atoms with Gasteiger partial charge in [-0.1, -0.05) is 36.4 Å². The van der Waals surface area contributed by atoms with E-state index in [1.165, 1.54) is 14.0 Å². The third-order valence-electron chi connectivity index (χ3n) is 4.15. The van der Waals surface area contributed by atoms with Gasteiger partial charge in [-0.3, -0.25) is 4.79 Å². The second kappa shape index (κ2) is 6.96. The highest BCUT2D eigenvalue weighted by molar-refractivity contribution is 7.92. The summed E-state index contributed by atoms with van der Waals surface area (Å²) in [5, 5.41) is 12.5. The smallest absolute Gasteiger partial charge is 0.308 e. The fraction of sp³-hybridized carbons (Fsp3) is 0.211. The van der Waals surface area contributed by atoms with Crippen LogP contribution in [0.1, 0.15) is 13.8 Å². The van der Waals surface area contributed by atoms with Crippen molar-refractivity contribution >= 4 is 32.6 Å².